The maximum absolute atomic E-state index is 9.61. The average Bonchev–Trinajstić information content (AvgIpc) is 3.01. The minimum absolute atomic E-state index is 0.397. The number of aryl methyl sites for hydroxylation is 1. The van der Waals surface area contributed by atoms with Crippen LogP contribution in [0.1, 0.15) is 17.0 Å². The van der Waals surface area contributed by atoms with E-state index in [2.05, 4.69) is 38.5 Å². The number of imidazole rings is 1. The average molecular weight is 394 g/mol. The number of fused-ring (bicyclic) bond motifs is 1. The van der Waals surface area contributed by atoms with Gasteiger partial charge in [0.25, 0.3) is 0 Å². The van der Waals surface area contributed by atoms with Crippen LogP contribution in [0.25, 0.3) is 22.7 Å². The first-order valence-electron chi connectivity index (χ1n) is 7.72. The first-order chi connectivity index (χ1) is 12.1. The summed E-state index contributed by atoms with van der Waals surface area (Å²) in [7, 11) is 0. The maximum Gasteiger partial charge on any atom is 0.149 e. The molecule has 0 saturated heterocycles. The lowest BCUT2D eigenvalue weighted by Crippen LogP contribution is -1.95. The zero-order chi connectivity index (χ0) is 17.8. The Morgan fingerprint density at radius 1 is 1.36 bits per heavy atom. The van der Waals surface area contributed by atoms with Crippen molar-refractivity contribution in [2.75, 3.05) is 6.61 Å². The Morgan fingerprint density at radius 3 is 2.96 bits per heavy atom. The molecule has 0 radical (unpaired) electrons. The van der Waals surface area contributed by atoms with Gasteiger partial charge in [0, 0.05) is 10.0 Å². The minimum Gasteiger partial charge on any atom is -0.489 e. The molecule has 3 aromatic rings. The van der Waals surface area contributed by atoms with E-state index in [4.69, 9.17) is 4.74 Å². The molecular weight excluding hydrogens is 378 g/mol. The lowest BCUT2D eigenvalue weighted by atomic mass is 10.1. The second-order valence-electron chi connectivity index (χ2n) is 5.56. The molecule has 0 fully saturated rings. The molecule has 1 aromatic heterocycles. The number of halogens is 1. The summed E-state index contributed by atoms with van der Waals surface area (Å²) in [4.78, 5) is 7.73. The monoisotopic (exact) mass is 393 g/mol. The summed E-state index contributed by atoms with van der Waals surface area (Å²) in [5, 5.41) is 9.61. The fraction of sp³-hybridized carbons (Fsp3) is 0.100. The molecular formula is C20H16BrN3O. The van der Waals surface area contributed by atoms with E-state index in [1.165, 1.54) is 0 Å². The van der Waals surface area contributed by atoms with Crippen LogP contribution in [0.5, 0.6) is 5.75 Å². The molecule has 0 amide bonds. The van der Waals surface area contributed by atoms with Crippen molar-refractivity contribution in [3.8, 4) is 11.8 Å². The molecule has 0 saturated carbocycles. The molecule has 0 aliphatic heterocycles. The van der Waals surface area contributed by atoms with Crippen molar-refractivity contribution in [1.82, 2.24) is 9.97 Å². The van der Waals surface area contributed by atoms with Crippen molar-refractivity contribution < 1.29 is 4.74 Å². The van der Waals surface area contributed by atoms with Crippen molar-refractivity contribution in [2.45, 2.75) is 6.92 Å². The number of nitriles is 1. The van der Waals surface area contributed by atoms with Gasteiger partial charge in [-0.25, -0.2) is 4.98 Å². The van der Waals surface area contributed by atoms with Gasteiger partial charge in [-0.3, -0.25) is 0 Å². The van der Waals surface area contributed by atoms with Gasteiger partial charge in [-0.05, 0) is 48.9 Å². The molecule has 0 unspecified atom stereocenters. The summed E-state index contributed by atoms with van der Waals surface area (Å²) < 4.78 is 6.58. The van der Waals surface area contributed by atoms with Crippen LogP contribution >= 0.6 is 15.9 Å². The summed E-state index contributed by atoms with van der Waals surface area (Å²) in [5.74, 6) is 1.22. The van der Waals surface area contributed by atoms with Gasteiger partial charge in [0.05, 0.1) is 16.6 Å². The summed E-state index contributed by atoms with van der Waals surface area (Å²) in [5.41, 5.74) is 4.12. The molecule has 25 heavy (non-hydrogen) atoms. The fourth-order valence-corrected chi connectivity index (χ4v) is 2.85. The van der Waals surface area contributed by atoms with Gasteiger partial charge in [0.1, 0.15) is 24.3 Å². The van der Waals surface area contributed by atoms with E-state index in [-0.39, 0.29) is 0 Å². The Kier molecular flexibility index (Phi) is 5.01. The SMILES string of the molecule is C=CCOc1ccc(Br)cc1C=C(C#N)c1nc2ccc(C)cc2[nH]1. The Labute approximate surface area is 154 Å². The van der Waals surface area contributed by atoms with Crippen LogP contribution in [-0.2, 0) is 0 Å². The van der Waals surface area contributed by atoms with Crippen LogP contribution in [0, 0.1) is 18.3 Å². The molecule has 4 nitrogen and oxygen atoms in total. The van der Waals surface area contributed by atoms with Crippen LogP contribution in [0.2, 0.25) is 0 Å². The molecule has 0 aliphatic carbocycles. The van der Waals surface area contributed by atoms with Gasteiger partial charge >= 0.3 is 0 Å². The predicted molar refractivity (Wildman–Crippen MR) is 104 cm³/mol. The first kappa shape index (κ1) is 17.0. The predicted octanol–water partition coefficient (Wildman–Crippen LogP) is 5.26. The van der Waals surface area contributed by atoms with Crippen molar-refractivity contribution in [1.29, 1.82) is 5.26 Å². The number of nitrogens with one attached hydrogen (secondary N) is 1. The number of benzene rings is 2. The molecule has 0 atom stereocenters. The minimum atomic E-state index is 0.397. The number of nitrogens with zero attached hydrogens (tertiary/aromatic N) is 2. The van der Waals surface area contributed by atoms with Crippen molar-refractivity contribution in [2.24, 2.45) is 0 Å². The normalized spacial score (nSPS) is 11.3. The van der Waals surface area contributed by atoms with Crippen molar-refractivity contribution >= 4 is 38.6 Å². The molecule has 1 N–H and O–H groups in total. The van der Waals surface area contributed by atoms with E-state index >= 15 is 0 Å². The van der Waals surface area contributed by atoms with Gasteiger partial charge in [-0.15, -0.1) is 0 Å². The van der Waals surface area contributed by atoms with E-state index < -0.39 is 0 Å². The van der Waals surface area contributed by atoms with Crippen LogP contribution < -0.4 is 4.74 Å². The third-order valence-electron chi connectivity index (χ3n) is 3.64. The highest BCUT2D eigenvalue weighted by Gasteiger charge is 2.10. The molecule has 0 spiro atoms. The number of aromatic nitrogens is 2. The number of rotatable bonds is 5. The van der Waals surface area contributed by atoms with Crippen LogP contribution in [0.15, 0.2) is 53.5 Å². The molecule has 3 rings (SSSR count). The fourth-order valence-electron chi connectivity index (χ4n) is 2.47. The summed E-state index contributed by atoms with van der Waals surface area (Å²) in [6.45, 7) is 6.08. The smallest absolute Gasteiger partial charge is 0.149 e. The number of allylic oxidation sites excluding steroid dienone is 1. The molecule has 1 heterocycles. The molecule has 0 bridgehead atoms. The van der Waals surface area contributed by atoms with Gasteiger partial charge in [0.15, 0.2) is 0 Å². The van der Waals surface area contributed by atoms with Crippen molar-refractivity contribution in [3.05, 3.63) is 70.5 Å². The largest absolute Gasteiger partial charge is 0.489 e. The van der Waals surface area contributed by atoms with E-state index in [9.17, 15) is 5.26 Å². The maximum atomic E-state index is 9.61. The second kappa shape index (κ2) is 7.37. The lowest BCUT2D eigenvalue weighted by Gasteiger charge is -2.08. The number of hydrogen-bond acceptors (Lipinski definition) is 3. The topological polar surface area (TPSA) is 61.7 Å². The van der Waals surface area contributed by atoms with Crippen LogP contribution in [0.3, 0.4) is 0 Å². The molecule has 124 valence electrons. The number of aromatic amines is 1. The van der Waals surface area contributed by atoms with Crippen LogP contribution in [0.4, 0.5) is 0 Å². The molecule has 0 aliphatic rings. The first-order valence-corrected chi connectivity index (χ1v) is 8.52. The summed E-state index contributed by atoms with van der Waals surface area (Å²) >= 11 is 3.46. The van der Waals surface area contributed by atoms with Crippen molar-refractivity contribution in [3.63, 3.8) is 0 Å². The number of ether oxygens (including phenoxy) is 1. The zero-order valence-corrected chi connectivity index (χ0v) is 15.3. The number of hydrogen-bond donors (Lipinski definition) is 1. The number of H-pyrrole nitrogens is 1. The van der Waals surface area contributed by atoms with Gasteiger partial charge < -0.3 is 9.72 Å². The van der Waals surface area contributed by atoms with E-state index in [1.54, 1.807) is 12.2 Å². The Hall–Kier alpha value is -2.84. The Bertz CT molecular complexity index is 1010. The van der Waals surface area contributed by atoms with Gasteiger partial charge in [0.2, 0.25) is 0 Å². The van der Waals surface area contributed by atoms with Gasteiger partial charge in [-0.1, -0.05) is 34.7 Å². The highest BCUT2D eigenvalue weighted by molar-refractivity contribution is 9.10. The second-order valence-corrected chi connectivity index (χ2v) is 6.47. The third kappa shape index (κ3) is 3.81. The summed E-state index contributed by atoms with van der Waals surface area (Å²) in [6, 6.07) is 13.8. The highest BCUT2D eigenvalue weighted by atomic mass is 79.9. The zero-order valence-electron chi connectivity index (χ0n) is 13.7. The summed E-state index contributed by atoms with van der Waals surface area (Å²) in [6.07, 6.45) is 3.45. The third-order valence-corrected chi connectivity index (χ3v) is 4.13. The molecule has 2 aromatic carbocycles. The molecule has 5 heteroatoms. The standard InChI is InChI=1S/C20H16BrN3O/c1-3-8-25-19-7-5-16(21)11-14(19)10-15(12-22)20-23-17-6-4-13(2)9-18(17)24-20/h3-7,9-11H,1,8H2,2H3,(H,23,24). The van der Waals surface area contributed by atoms with E-state index in [0.29, 0.717) is 23.8 Å². The van der Waals surface area contributed by atoms with E-state index in [1.807, 2.05) is 43.3 Å². The highest BCUT2D eigenvalue weighted by Crippen LogP contribution is 2.28. The van der Waals surface area contributed by atoms with Gasteiger partial charge in [-0.2, -0.15) is 5.26 Å². The van der Waals surface area contributed by atoms with E-state index in [0.717, 1.165) is 26.6 Å². The Morgan fingerprint density at radius 2 is 2.20 bits per heavy atom. The quantitative estimate of drug-likeness (QED) is 0.474. The Balaban J connectivity index is 2.06. The van der Waals surface area contributed by atoms with Crippen LogP contribution in [-0.4, -0.2) is 16.6 Å². The lowest BCUT2D eigenvalue weighted by molar-refractivity contribution is 0.362.